The molecule has 0 amide bonds. The van der Waals surface area contributed by atoms with Crippen LogP contribution in [-0.4, -0.2) is 15.5 Å². The van der Waals surface area contributed by atoms with E-state index in [1.165, 1.54) is 0 Å². The maximum Gasteiger partial charge on any atom is 0.313 e. The lowest BCUT2D eigenvalue weighted by Gasteiger charge is -1.83. The van der Waals surface area contributed by atoms with Crippen LogP contribution in [0.15, 0.2) is 24.3 Å². The molecule has 1 rings (SSSR count). The van der Waals surface area contributed by atoms with E-state index in [1.54, 1.807) is 22.6 Å². The highest BCUT2D eigenvalue weighted by Crippen LogP contribution is 1.98. The topological polar surface area (TPSA) is 37.3 Å². The Balaban J connectivity index is 0.000000252. The summed E-state index contributed by atoms with van der Waals surface area (Å²) in [6.45, 7) is 0. The number of hydrogen-bond donors (Lipinski definition) is 1. The van der Waals surface area contributed by atoms with Crippen LogP contribution in [0, 0.1) is 11.6 Å². The lowest BCUT2D eigenvalue weighted by Crippen LogP contribution is -1.91. The molecule has 13 heavy (non-hydrogen) atoms. The number of halogens is 3. The van der Waals surface area contributed by atoms with Crippen molar-refractivity contribution in [1.82, 2.24) is 0 Å². The first-order valence-corrected chi connectivity index (χ1v) is 4.77. The molecule has 0 saturated heterocycles. The van der Waals surface area contributed by atoms with Crippen LogP contribution in [0.1, 0.15) is 0 Å². The van der Waals surface area contributed by atoms with Gasteiger partial charge in [0.1, 0.15) is 11.6 Å². The number of hydrogen-bond acceptors (Lipinski definition) is 1. The Morgan fingerprint density at radius 3 is 1.62 bits per heavy atom. The minimum absolute atomic E-state index is 0.192. The Morgan fingerprint density at radius 1 is 1.23 bits per heavy atom. The molecule has 72 valence electrons. The largest absolute Gasteiger partial charge is 0.481 e. The smallest absolute Gasteiger partial charge is 0.313 e. The molecule has 1 N–H and O–H groups in total. The predicted octanol–water partition coefficient (Wildman–Crippen LogP) is 2.47. The highest BCUT2D eigenvalue weighted by atomic mass is 127. The van der Waals surface area contributed by atoms with Crippen LogP contribution in [0.2, 0.25) is 0 Å². The average Bonchev–Trinajstić information content (AvgIpc) is 2.11. The first-order valence-electron chi connectivity index (χ1n) is 3.25. The Kier molecular flexibility index (Phi) is 6.38. The Labute approximate surface area is 87.7 Å². The van der Waals surface area contributed by atoms with E-state index in [0.717, 1.165) is 24.3 Å². The highest BCUT2D eigenvalue weighted by molar-refractivity contribution is 14.1. The fourth-order valence-electron chi connectivity index (χ4n) is 0.430. The van der Waals surface area contributed by atoms with Crippen molar-refractivity contribution in [2.24, 2.45) is 0 Å². The molecule has 0 saturated carbocycles. The van der Waals surface area contributed by atoms with Crippen LogP contribution in [0.3, 0.4) is 0 Å². The van der Waals surface area contributed by atoms with E-state index >= 15 is 0 Å². The van der Waals surface area contributed by atoms with Crippen molar-refractivity contribution in [2.45, 2.75) is 0 Å². The number of rotatable bonds is 1. The van der Waals surface area contributed by atoms with Gasteiger partial charge in [-0.15, -0.1) is 0 Å². The van der Waals surface area contributed by atoms with E-state index in [4.69, 9.17) is 5.11 Å². The van der Waals surface area contributed by atoms with Crippen molar-refractivity contribution in [3.05, 3.63) is 35.9 Å². The molecule has 0 aromatic heterocycles. The average molecular weight is 300 g/mol. The summed E-state index contributed by atoms with van der Waals surface area (Å²) in [6.07, 6.45) is 0. The fraction of sp³-hybridized carbons (Fsp3) is 0.125. The van der Waals surface area contributed by atoms with Gasteiger partial charge in [-0.25, -0.2) is 8.78 Å². The third-order valence-electron chi connectivity index (χ3n) is 0.918. The molecular formula is C8H7F2IO2. The first kappa shape index (κ1) is 12.3. The van der Waals surface area contributed by atoms with E-state index in [1.807, 2.05) is 0 Å². The minimum Gasteiger partial charge on any atom is -0.481 e. The quantitative estimate of drug-likeness (QED) is 0.639. The minimum atomic E-state index is -0.759. The van der Waals surface area contributed by atoms with Crippen LogP contribution in [0.5, 0.6) is 0 Å². The molecule has 0 spiro atoms. The molecule has 0 bridgehead atoms. The molecule has 0 radical (unpaired) electrons. The summed E-state index contributed by atoms with van der Waals surface area (Å²) in [7, 11) is 0. The summed E-state index contributed by atoms with van der Waals surface area (Å²) in [4.78, 5) is 9.36. The summed E-state index contributed by atoms with van der Waals surface area (Å²) < 4.78 is 24.0. The van der Waals surface area contributed by atoms with Gasteiger partial charge in [-0.05, 0) is 24.3 Å². The number of benzene rings is 1. The summed E-state index contributed by atoms with van der Waals surface area (Å²) in [5.41, 5.74) is 0. The van der Waals surface area contributed by atoms with E-state index in [2.05, 4.69) is 0 Å². The summed E-state index contributed by atoms with van der Waals surface area (Å²) in [5, 5.41) is 7.71. The molecular weight excluding hydrogens is 293 g/mol. The third-order valence-corrected chi connectivity index (χ3v) is 1.57. The Hall–Kier alpha value is -0.720. The van der Waals surface area contributed by atoms with Gasteiger partial charge in [-0.1, -0.05) is 22.6 Å². The van der Waals surface area contributed by atoms with Gasteiger partial charge >= 0.3 is 5.97 Å². The number of carboxylic acids is 1. The molecule has 0 aliphatic heterocycles. The van der Waals surface area contributed by atoms with E-state index in [9.17, 15) is 13.6 Å². The van der Waals surface area contributed by atoms with Crippen molar-refractivity contribution >= 4 is 28.6 Å². The normalized spacial score (nSPS) is 8.54. The second-order valence-corrected chi connectivity index (χ2v) is 2.73. The van der Waals surface area contributed by atoms with Gasteiger partial charge < -0.3 is 5.11 Å². The number of alkyl halides is 1. The molecule has 0 heterocycles. The maximum atomic E-state index is 11.9. The summed E-state index contributed by atoms with van der Waals surface area (Å²) >= 11 is 1.78. The van der Waals surface area contributed by atoms with Gasteiger partial charge in [0.2, 0.25) is 0 Å². The highest BCUT2D eigenvalue weighted by Gasteiger charge is 1.86. The second-order valence-electron chi connectivity index (χ2n) is 1.96. The molecule has 1 aromatic rings. The van der Waals surface area contributed by atoms with E-state index < -0.39 is 17.6 Å². The van der Waals surface area contributed by atoms with Gasteiger partial charge in [-0.2, -0.15) is 0 Å². The summed E-state index contributed by atoms with van der Waals surface area (Å²) in [5.74, 6) is -1.58. The SMILES string of the molecule is Fc1ccc(F)cc1.O=C(O)CI. The van der Waals surface area contributed by atoms with Crippen molar-refractivity contribution in [3.63, 3.8) is 0 Å². The van der Waals surface area contributed by atoms with Crippen molar-refractivity contribution < 1.29 is 18.7 Å². The predicted molar refractivity (Wildman–Crippen MR) is 52.9 cm³/mol. The lowest BCUT2D eigenvalue weighted by atomic mass is 10.3. The van der Waals surface area contributed by atoms with E-state index in [0.29, 0.717) is 0 Å². The van der Waals surface area contributed by atoms with Gasteiger partial charge in [0.05, 0.1) is 4.43 Å². The van der Waals surface area contributed by atoms with Gasteiger partial charge in [0, 0.05) is 0 Å². The Morgan fingerprint density at radius 2 is 1.46 bits per heavy atom. The molecule has 0 unspecified atom stereocenters. The number of carboxylic acid groups (broad SMARTS) is 1. The standard InChI is InChI=1S/C6H4F2.C2H3IO2/c7-5-1-2-6(8)4-3-5;3-1-2(4)5/h1-4H;1H2,(H,4,5). The lowest BCUT2D eigenvalue weighted by molar-refractivity contribution is -0.133. The summed E-state index contributed by atoms with van der Waals surface area (Å²) in [6, 6.07) is 4.31. The van der Waals surface area contributed by atoms with Crippen LogP contribution in [0.4, 0.5) is 8.78 Å². The molecule has 2 nitrogen and oxygen atoms in total. The van der Waals surface area contributed by atoms with Crippen molar-refractivity contribution in [3.8, 4) is 0 Å². The van der Waals surface area contributed by atoms with Gasteiger partial charge in [0.25, 0.3) is 0 Å². The third kappa shape index (κ3) is 7.63. The van der Waals surface area contributed by atoms with Crippen LogP contribution >= 0.6 is 22.6 Å². The number of aliphatic carboxylic acids is 1. The maximum absolute atomic E-state index is 11.9. The Bertz CT molecular complexity index is 240. The zero-order valence-electron chi connectivity index (χ0n) is 6.51. The van der Waals surface area contributed by atoms with Crippen LogP contribution < -0.4 is 0 Å². The molecule has 0 aliphatic rings. The molecule has 0 aliphatic carbocycles. The second kappa shape index (κ2) is 6.76. The first-order chi connectivity index (χ1) is 6.06. The monoisotopic (exact) mass is 300 g/mol. The van der Waals surface area contributed by atoms with Gasteiger partial charge in [-0.3, -0.25) is 4.79 Å². The molecule has 0 atom stereocenters. The van der Waals surface area contributed by atoms with Crippen molar-refractivity contribution in [1.29, 1.82) is 0 Å². The zero-order chi connectivity index (χ0) is 10.3. The molecule has 0 fully saturated rings. The molecule has 5 heteroatoms. The zero-order valence-corrected chi connectivity index (χ0v) is 8.66. The van der Waals surface area contributed by atoms with E-state index in [-0.39, 0.29) is 4.43 Å². The van der Waals surface area contributed by atoms with Crippen LogP contribution in [0.25, 0.3) is 0 Å². The number of carbonyl (C=O) groups is 1. The van der Waals surface area contributed by atoms with Crippen molar-refractivity contribution in [2.75, 3.05) is 4.43 Å². The van der Waals surface area contributed by atoms with Gasteiger partial charge in [0.15, 0.2) is 0 Å². The fourth-order valence-corrected chi connectivity index (χ4v) is 0.430. The molecule has 1 aromatic carbocycles. The van der Waals surface area contributed by atoms with Crippen LogP contribution in [-0.2, 0) is 4.79 Å².